The van der Waals surface area contributed by atoms with Gasteiger partial charge in [-0.3, -0.25) is 14.9 Å². The second kappa shape index (κ2) is 11.4. The predicted octanol–water partition coefficient (Wildman–Crippen LogP) is 3.71. The van der Waals surface area contributed by atoms with Crippen LogP contribution < -0.4 is 10.6 Å². The number of rotatable bonds is 9. The highest BCUT2D eigenvalue weighted by Crippen LogP contribution is 2.40. The molecule has 2 aromatic carbocycles. The first-order valence-electron chi connectivity index (χ1n) is 11.6. The molecule has 9 nitrogen and oxygen atoms in total. The number of carbonyl (C=O) groups excluding carboxylic acids is 3. The van der Waals surface area contributed by atoms with Crippen molar-refractivity contribution in [1.82, 2.24) is 10.6 Å². The summed E-state index contributed by atoms with van der Waals surface area (Å²) in [7, 11) is 0. The van der Waals surface area contributed by atoms with Gasteiger partial charge in [0.15, 0.2) is 0 Å². The maximum atomic E-state index is 13.6. The molecule has 1 amide bonds. The van der Waals surface area contributed by atoms with Crippen LogP contribution in [0, 0.1) is 10.1 Å². The van der Waals surface area contributed by atoms with Gasteiger partial charge < -0.3 is 20.2 Å². The van der Waals surface area contributed by atoms with E-state index in [0.29, 0.717) is 23.2 Å². The number of hydrogen-bond acceptors (Lipinski definition) is 7. The molecule has 2 atom stereocenters. The first kappa shape index (κ1) is 26.3. The number of hydrogen-bond donors (Lipinski definition) is 2. The molecule has 3 rings (SSSR count). The number of non-ortho nitro benzene ring substituents is 1. The molecule has 0 radical (unpaired) electrons. The number of nitro groups is 1. The van der Waals surface area contributed by atoms with Crippen LogP contribution in [0.1, 0.15) is 44.7 Å². The number of nitrogens with one attached hydrogen (secondary N) is 2. The van der Waals surface area contributed by atoms with Crippen molar-refractivity contribution >= 4 is 23.9 Å². The molecular weight excluding hydrogens is 462 g/mol. The molecule has 1 aliphatic heterocycles. The topological polar surface area (TPSA) is 128 Å². The van der Waals surface area contributed by atoms with E-state index >= 15 is 0 Å². The maximum Gasteiger partial charge on any atom is 0.337 e. The van der Waals surface area contributed by atoms with E-state index in [4.69, 9.17) is 4.74 Å². The molecular formula is C27H29N3O6. The van der Waals surface area contributed by atoms with Crippen LogP contribution in [-0.2, 0) is 25.5 Å². The molecule has 188 valence electrons. The minimum absolute atomic E-state index is 0.172. The van der Waals surface area contributed by atoms with Crippen molar-refractivity contribution in [2.75, 3.05) is 0 Å². The van der Waals surface area contributed by atoms with Gasteiger partial charge in [0.05, 0.1) is 28.6 Å². The third kappa shape index (κ3) is 6.04. The molecule has 1 unspecified atom stereocenters. The fraction of sp³-hybridized carbons (Fsp3) is 0.296. The molecule has 2 N–H and O–H groups in total. The molecule has 0 bridgehead atoms. The molecule has 0 aromatic heterocycles. The van der Waals surface area contributed by atoms with E-state index < -0.39 is 34.9 Å². The number of allylic oxidation sites excluding steroid dienone is 2. The number of nitrogens with zero attached hydrogens (tertiary/aromatic N) is 1. The number of aldehydes is 1. The Morgan fingerprint density at radius 2 is 1.75 bits per heavy atom. The highest BCUT2D eigenvalue weighted by molar-refractivity contribution is 6.02. The number of benzene rings is 2. The molecule has 36 heavy (non-hydrogen) atoms. The van der Waals surface area contributed by atoms with Gasteiger partial charge in [0.1, 0.15) is 6.29 Å². The largest absolute Gasteiger partial charge is 0.460 e. The first-order valence-corrected chi connectivity index (χ1v) is 11.6. The Balaban J connectivity index is 2.05. The fourth-order valence-electron chi connectivity index (χ4n) is 4.24. The predicted molar refractivity (Wildman–Crippen MR) is 134 cm³/mol. The van der Waals surface area contributed by atoms with Crippen molar-refractivity contribution in [3.8, 4) is 0 Å². The van der Waals surface area contributed by atoms with Gasteiger partial charge in [-0.25, -0.2) is 4.79 Å². The lowest BCUT2D eigenvalue weighted by Gasteiger charge is -2.31. The summed E-state index contributed by atoms with van der Waals surface area (Å²) in [4.78, 5) is 49.5. The zero-order chi connectivity index (χ0) is 26.4. The molecule has 1 aliphatic rings. The van der Waals surface area contributed by atoms with Crippen molar-refractivity contribution in [3.05, 3.63) is 98.4 Å². The quantitative estimate of drug-likeness (QED) is 0.237. The van der Waals surface area contributed by atoms with Gasteiger partial charge in [0, 0.05) is 29.1 Å². The van der Waals surface area contributed by atoms with Gasteiger partial charge in [-0.05, 0) is 45.2 Å². The standard InChI is InChI=1S/C27H29N3O6/c1-16(2)36-27(33)24-18(4)28-17(3)23(25(24)20-11-8-12-22(14-20)30(34)35)26(32)29-21(15-31)13-19-9-6-5-7-10-19/h5-12,14-16,21,25,28H,13H2,1-4H3,(H,29,32)/t21-,25?/m0/s1. The van der Waals surface area contributed by atoms with E-state index in [2.05, 4.69) is 10.6 Å². The summed E-state index contributed by atoms with van der Waals surface area (Å²) < 4.78 is 5.45. The number of carbonyl (C=O) groups is 3. The van der Waals surface area contributed by atoms with Crippen molar-refractivity contribution in [2.45, 2.75) is 52.2 Å². The highest BCUT2D eigenvalue weighted by Gasteiger charge is 2.38. The smallest absolute Gasteiger partial charge is 0.337 e. The van der Waals surface area contributed by atoms with Gasteiger partial charge in [0.2, 0.25) is 0 Å². The van der Waals surface area contributed by atoms with Crippen LogP contribution in [0.3, 0.4) is 0 Å². The van der Waals surface area contributed by atoms with Crippen LogP contribution in [0.4, 0.5) is 5.69 Å². The monoisotopic (exact) mass is 491 g/mol. The van der Waals surface area contributed by atoms with E-state index in [1.54, 1.807) is 33.8 Å². The third-order valence-corrected chi connectivity index (χ3v) is 5.76. The van der Waals surface area contributed by atoms with Crippen LogP contribution in [0.25, 0.3) is 0 Å². The molecule has 1 heterocycles. The fourth-order valence-corrected chi connectivity index (χ4v) is 4.24. The summed E-state index contributed by atoms with van der Waals surface area (Å²) >= 11 is 0. The zero-order valence-electron chi connectivity index (χ0n) is 20.6. The van der Waals surface area contributed by atoms with Crippen LogP contribution in [0.15, 0.2) is 77.1 Å². The normalized spacial score (nSPS) is 16.3. The Kier molecular flexibility index (Phi) is 8.37. The minimum Gasteiger partial charge on any atom is -0.460 e. The third-order valence-electron chi connectivity index (χ3n) is 5.76. The Bertz CT molecular complexity index is 1230. The number of dihydropyridines is 1. The molecule has 0 saturated heterocycles. The van der Waals surface area contributed by atoms with E-state index in [-0.39, 0.29) is 23.3 Å². The summed E-state index contributed by atoms with van der Waals surface area (Å²) in [6.45, 7) is 6.78. The second-order valence-corrected chi connectivity index (χ2v) is 8.85. The Morgan fingerprint density at radius 1 is 1.08 bits per heavy atom. The first-order chi connectivity index (χ1) is 17.1. The number of nitro benzene ring substituents is 1. The van der Waals surface area contributed by atoms with Crippen molar-refractivity contribution in [3.63, 3.8) is 0 Å². The highest BCUT2D eigenvalue weighted by atomic mass is 16.6. The zero-order valence-corrected chi connectivity index (χ0v) is 20.6. The average Bonchev–Trinajstić information content (AvgIpc) is 2.83. The van der Waals surface area contributed by atoms with E-state index in [0.717, 1.165) is 5.56 Å². The molecule has 2 aromatic rings. The van der Waals surface area contributed by atoms with Crippen molar-refractivity contribution in [1.29, 1.82) is 0 Å². The van der Waals surface area contributed by atoms with E-state index in [1.165, 1.54) is 18.2 Å². The lowest BCUT2D eigenvalue weighted by atomic mass is 9.79. The molecule has 0 spiro atoms. The summed E-state index contributed by atoms with van der Waals surface area (Å²) in [6.07, 6.45) is 0.529. The second-order valence-electron chi connectivity index (χ2n) is 8.85. The van der Waals surface area contributed by atoms with Crippen LogP contribution in [0.5, 0.6) is 0 Å². The summed E-state index contributed by atoms with van der Waals surface area (Å²) in [6, 6.07) is 14.2. The van der Waals surface area contributed by atoms with Gasteiger partial charge >= 0.3 is 5.97 Å². The van der Waals surface area contributed by atoms with E-state index in [9.17, 15) is 24.5 Å². The van der Waals surface area contributed by atoms with Crippen molar-refractivity contribution < 1.29 is 24.0 Å². The van der Waals surface area contributed by atoms with Gasteiger partial charge in [0.25, 0.3) is 11.6 Å². The molecule has 9 heteroatoms. The van der Waals surface area contributed by atoms with Crippen molar-refractivity contribution in [2.24, 2.45) is 0 Å². The maximum absolute atomic E-state index is 13.6. The molecule has 0 saturated carbocycles. The summed E-state index contributed by atoms with van der Waals surface area (Å²) in [5.41, 5.74) is 2.37. The Labute approximate surface area is 209 Å². The number of esters is 1. The average molecular weight is 492 g/mol. The summed E-state index contributed by atoms with van der Waals surface area (Å²) in [5, 5.41) is 17.3. The lowest BCUT2D eigenvalue weighted by Crippen LogP contribution is -2.42. The molecule has 0 fully saturated rings. The van der Waals surface area contributed by atoms with Gasteiger partial charge in [-0.2, -0.15) is 0 Å². The number of amides is 1. The Hall–Kier alpha value is -4.27. The SMILES string of the molecule is CC1=C(C(=O)N[C@H](C=O)Cc2ccccc2)C(c2cccc([N+](=O)[O-])c2)C(C(=O)OC(C)C)=C(C)N1. The van der Waals surface area contributed by atoms with Gasteiger partial charge in [-0.15, -0.1) is 0 Å². The van der Waals surface area contributed by atoms with Crippen LogP contribution >= 0.6 is 0 Å². The van der Waals surface area contributed by atoms with E-state index in [1.807, 2.05) is 30.3 Å². The van der Waals surface area contributed by atoms with Gasteiger partial charge in [-0.1, -0.05) is 42.5 Å². The van der Waals surface area contributed by atoms with Crippen LogP contribution in [-0.4, -0.2) is 35.2 Å². The summed E-state index contributed by atoms with van der Waals surface area (Å²) in [5.74, 6) is -2.14. The Morgan fingerprint density at radius 3 is 2.36 bits per heavy atom. The van der Waals surface area contributed by atoms with Crippen LogP contribution in [0.2, 0.25) is 0 Å². The molecule has 0 aliphatic carbocycles. The number of ether oxygens (including phenoxy) is 1. The lowest BCUT2D eigenvalue weighted by molar-refractivity contribution is -0.384. The minimum atomic E-state index is -0.943.